The molecule has 2 N–H and O–H groups in total. The Bertz CT molecular complexity index is 587. The first kappa shape index (κ1) is 13.4. The predicted molar refractivity (Wildman–Crippen MR) is 65.6 cm³/mol. The standard InChI is InChI=1S/C14H12F3NO/c15-11-5-4-10(8-13(11)17)19-14-9(6-7-18)2-1-3-12(14)16/h1-5,8H,6-7,18H2. The molecule has 0 aliphatic carbocycles. The van der Waals surface area contributed by atoms with Crippen molar-refractivity contribution in [3.63, 3.8) is 0 Å². The van der Waals surface area contributed by atoms with E-state index in [2.05, 4.69) is 0 Å². The molecule has 0 radical (unpaired) electrons. The molecule has 0 saturated heterocycles. The third-order valence-electron chi connectivity index (χ3n) is 2.57. The number of para-hydroxylation sites is 1. The summed E-state index contributed by atoms with van der Waals surface area (Å²) in [6.45, 7) is 0.331. The van der Waals surface area contributed by atoms with Crippen LogP contribution < -0.4 is 10.5 Å². The van der Waals surface area contributed by atoms with Crippen molar-refractivity contribution >= 4 is 0 Å². The highest BCUT2D eigenvalue weighted by molar-refractivity contribution is 5.39. The van der Waals surface area contributed by atoms with Crippen LogP contribution in [-0.4, -0.2) is 6.54 Å². The molecule has 2 aromatic rings. The minimum absolute atomic E-state index is 0.0149. The lowest BCUT2D eigenvalue weighted by molar-refractivity contribution is 0.427. The summed E-state index contributed by atoms with van der Waals surface area (Å²) in [5.74, 6) is -2.59. The summed E-state index contributed by atoms with van der Waals surface area (Å²) in [5, 5.41) is 0. The van der Waals surface area contributed by atoms with Crippen LogP contribution in [0.25, 0.3) is 0 Å². The first-order chi connectivity index (χ1) is 9.11. The average Bonchev–Trinajstić information content (AvgIpc) is 2.38. The molecule has 0 amide bonds. The van der Waals surface area contributed by atoms with E-state index in [1.165, 1.54) is 12.1 Å². The highest BCUT2D eigenvalue weighted by Gasteiger charge is 2.12. The molecule has 2 rings (SSSR count). The van der Waals surface area contributed by atoms with Crippen LogP contribution in [0.1, 0.15) is 5.56 Å². The summed E-state index contributed by atoms with van der Waals surface area (Å²) in [4.78, 5) is 0. The van der Waals surface area contributed by atoms with Gasteiger partial charge in [0, 0.05) is 6.07 Å². The monoisotopic (exact) mass is 267 g/mol. The molecular formula is C14H12F3NO. The molecule has 0 spiro atoms. The van der Waals surface area contributed by atoms with E-state index in [9.17, 15) is 13.2 Å². The van der Waals surface area contributed by atoms with Crippen molar-refractivity contribution in [2.24, 2.45) is 5.73 Å². The Labute approximate surface area is 108 Å². The van der Waals surface area contributed by atoms with Gasteiger partial charge in [0.2, 0.25) is 0 Å². The Morgan fingerprint density at radius 2 is 1.74 bits per heavy atom. The van der Waals surface area contributed by atoms with E-state index in [0.29, 0.717) is 18.5 Å². The van der Waals surface area contributed by atoms with Crippen LogP contribution in [0, 0.1) is 17.5 Å². The van der Waals surface area contributed by atoms with Gasteiger partial charge in [0.25, 0.3) is 0 Å². The zero-order valence-corrected chi connectivity index (χ0v) is 10.00. The van der Waals surface area contributed by atoms with Crippen LogP contribution in [0.2, 0.25) is 0 Å². The molecular weight excluding hydrogens is 255 g/mol. The van der Waals surface area contributed by atoms with Crippen molar-refractivity contribution in [3.8, 4) is 11.5 Å². The van der Waals surface area contributed by atoms with E-state index in [1.807, 2.05) is 0 Å². The van der Waals surface area contributed by atoms with Gasteiger partial charge in [-0.25, -0.2) is 13.2 Å². The predicted octanol–water partition coefficient (Wildman–Crippen LogP) is 3.40. The van der Waals surface area contributed by atoms with Crippen LogP contribution in [0.4, 0.5) is 13.2 Å². The maximum Gasteiger partial charge on any atom is 0.166 e. The van der Waals surface area contributed by atoms with Crippen molar-refractivity contribution in [3.05, 3.63) is 59.4 Å². The first-order valence-corrected chi connectivity index (χ1v) is 5.72. The minimum atomic E-state index is -1.05. The average molecular weight is 267 g/mol. The smallest absolute Gasteiger partial charge is 0.166 e. The van der Waals surface area contributed by atoms with E-state index >= 15 is 0 Å². The summed E-state index contributed by atoms with van der Waals surface area (Å²) < 4.78 is 44.9. The molecule has 5 heteroatoms. The van der Waals surface area contributed by atoms with Gasteiger partial charge in [-0.15, -0.1) is 0 Å². The Morgan fingerprint density at radius 3 is 2.42 bits per heavy atom. The largest absolute Gasteiger partial charge is 0.454 e. The molecule has 0 aromatic heterocycles. The van der Waals surface area contributed by atoms with Crippen LogP contribution >= 0.6 is 0 Å². The molecule has 0 atom stereocenters. The maximum absolute atomic E-state index is 13.7. The van der Waals surface area contributed by atoms with E-state index in [1.54, 1.807) is 12.1 Å². The van der Waals surface area contributed by atoms with Gasteiger partial charge in [-0.2, -0.15) is 0 Å². The van der Waals surface area contributed by atoms with E-state index in [4.69, 9.17) is 10.5 Å². The molecule has 0 aliphatic heterocycles. The summed E-state index contributed by atoms with van der Waals surface area (Å²) in [6, 6.07) is 7.47. The minimum Gasteiger partial charge on any atom is -0.454 e. The number of halogens is 3. The Morgan fingerprint density at radius 1 is 0.947 bits per heavy atom. The van der Waals surface area contributed by atoms with Crippen LogP contribution in [0.5, 0.6) is 11.5 Å². The van der Waals surface area contributed by atoms with Crippen LogP contribution in [0.3, 0.4) is 0 Å². The fourth-order valence-electron chi connectivity index (χ4n) is 1.68. The molecule has 0 bridgehead atoms. The lowest BCUT2D eigenvalue weighted by atomic mass is 10.1. The SMILES string of the molecule is NCCc1cccc(F)c1Oc1ccc(F)c(F)c1. The number of hydrogen-bond acceptors (Lipinski definition) is 2. The Balaban J connectivity index is 2.34. The van der Waals surface area contributed by atoms with Gasteiger partial charge < -0.3 is 10.5 Å². The lowest BCUT2D eigenvalue weighted by Gasteiger charge is -2.11. The van der Waals surface area contributed by atoms with Crippen LogP contribution in [-0.2, 0) is 6.42 Å². The zero-order chi connectivity index (χ0) is 13.8. The molecule has 0 fully saturated rings. The number of benzene rings is 2. The normalized spacial score (nSPS) is 10.5. The second-order valence-corrected chi connectivity index (χ2v) is 3.94. The van der Waals surface area contributed by atoms with Crippen molar-refractivity contribution in [1.82, 2.24) is 0 Å². The van der Waals surface area contributed by atoms with Gasteiger partial charge in [0.15, 0.2) is 23.2 Å². The van der Waals surface area contributed by atoms with Crippen LogP contribution in [0.15, 0.2) is 36.4 Å². The van der Waals surface area contributed by atoms with Crippen molar-refractivity contribution < 1.29 is 17.9 Å². The summed E-state index contributed by atoms with van der Waals surface area (Å²) in [6.07, 6.45) is 0.427. The first-order valence-electron chi connectivity index (χ1n) is 5.72. The van der Waals surface area contributed by atoms with Crippen molar-refractivity contribution in [2.45, 2.75) is 6.42 Å². The molecule has 2 nitrogen and oxygen atoms in total. The number of nitrogens with two attached hydrogens (primary N) is 1. The molecule has 0 aliphatic rings. The van der Waals surface area contributed by atoms with Crippen molar-refractivity contribution in [2.75, 3.05) is 6.54 Å². The highest BCUT2D eigenvalue weighted by Crippen LogP contribution is 2.29. The summed E-state index contributed by atoms with van der Waals surface area (Å²) in [5.41, 5.74) is 6.01. The summed E-state index contributed by atoms with van der Waals surface area (Å²) in [7, 11) is 0. The number of ether oxygens (including phenoxy) is 1. The number of rotatable bonds is 4. The third-order valence-corrected chi connectivity index (χ3v) is 2.57. The highest BCUT2D eigenvalue weighted by atomic mass is 19.2. The molecule has 0 heterocycles. The topological polar surface area (TPSA) is 35.2 Å². The fraction of sp³-hybridized carbons (Fsp3) is 0.143. The Hall–Kier alpha value is -2.01. The quantitative estimate of drug-likeness (QED) is 0.921. The lowest BCUT2D eigenvalue weighted by Crippen LogP contribution is -2.05. The number of hydrogen-bond donors (Lipinski definition) is 1. The molecule has 0 saturated carbocycles. The van der Waals surface area contributed by atoms with Gasteiger partial charge >= 0.3 is 0 Å². The van der Waals surface area contributed by atoms with Gasteiger partial charge in [0.05, 0.1) is 0 Å². The van der Waals surface area contributed by atoms with E-state index in [-0.39, 0.29) is 11.5 Å². The maximum atomic E-state index is 13.7. The molecule has 2 aromatic carbocycles. The van der Waals surface area contributed by atoms with E-state index < -0.39 is 17.5 Å². The van der Waals surface area contributed by atoms with Gasteiger partial charge in [-0.05, 0) is 36.7 Å². The van der Waals surface area contributed by atoms with E-state index in [0.717, 1.165) is 12.1 Å². The fourth-order valence-corrected chi connectivity index (χ4v) is 1.68. The summed E-state index contributed by atoms with van der Waals surface area (Å²) >= 11 is 0. The molecule has 100 valence electrons. The van der Waals surface area contributed by atoms with Gasteiger partial charge in [-0.1, -0.05) is 12.1 Å². The van der Waals surface area contributed by atoms with Gasteiger partial charge in [0.1, 0.15) is 5.75 Å². The third kappa shape index (κ3) is 3.06. The second-order valence-electron chi connectivity index (χ2n) is 3.94. The zero-order valence-electron chi connectivity index (χ0n) is 10.00. The second kappa shape index (κ2) is 5.75. The van der Waals surface area contributed by atoms with Gasteiger partial charge in [-0.3, -0.25) is 0 Å². The molecule has 19 heavy (non-hydrogen) atoms. The van der Waals surface area contributed by atoms with Crippen molar-refractivity contribution in [1.29, 1.82) is 0 Å². The Kier molecular flexibility index (Phi) is 4.06. The molecule has 0 unspecified atom stereocenters.